The molecule has 2 aromatic heterocycles. The summed E-state index contributed by atoms with van der Waals surface area (Å²) in [6.07, 6.45) is 0.518. The lowest BCUT2D eigenvalue weighted by Crippen LogP contribution is -2.47. The van der Waals surface area contributed by atoms with Crippen LogP contribution in [0.2, 0.25) is 0 Å². The van der Waals surface area contributed by atoms with Crippen molar-refractivity contribution in [2.45, 2.75) is 52.2 Å². The Morgan fingerprint density at radius 1 is 1.00 bits per heavy atom. The van der Waals surface area contributed by atoms with Gasteiger partial charge in [0, 0.05) is 31.1 Å². The van der Waals surface area contributed by atoms with Crippen molar-refractivity contribution >= 4 is 17.7 Å². The summed E-state index contributed by atoms with van der Waals surface area (Å²) in [5.41, 5.74) is 0.515. The summed E-state index contributed by atoms with van der Waals surface area (Å²) in [5.74, 6) is 0.0506. The van der Waals surface area contributed by atoms with Crippen LogP contribution >= 0.6 is 0 Å². The molecular formula is C26H32N8O4. The molecule has 12 heteroatoms. The summed E-state index contributed by atoms with van der Waals surface area (Å²) < 4.78 is 1.73. The second-order valence-corrected chi connectivity index (χ2v) is 9.60. The monoisotopic (exact) mass is 520 g/mol. The topological polar surface area (TPSA) is 155 Å². The van der Waals surface area contributed by atoms with Crippen LogP contribution in [0.1, 0.15) is 56.0 Å². The zero-order chi connectivity index (χ0) is 27.2. The van der Waals surface area contributed by atoms with Crippen LogP contribution in [0.5, 0.6) is 0 Å². The van der Waals surface area contributed by atoms with Crippen LogP contribution in [0.3, 0.4) is 0 Å². The van der Waals surface area contributed by atoms with E-state index < -0.39 is 17.6 Å². The van der Waals surface area contributed by atoms with Crippen molar-refractivity contribution in [1.29, 1.82) is 0 Å². The third-order valence-corrected chi connectivity index (χ3v) is 6.34. The summed E-state index contributed by atoms with van der Waals surface area (Å²) in [7, 11) is 0. The van der Waals surface area contributed by atoms with Gasteiger partial charge in [0.05, 0.1) is 12.6 Å². The number of hydrogen-bond donors (Lipinski definition) is 3. The van der Waals surface area contributed by atoms with E-state index in [2.05, 4.69) is 20.8 Å². The number of fused-ring (bicyclic) bond motifs is 1. The van der Waals surface area contributed by atoms with Gasteiger partial charge in [-0.3, -0.25) is 19.2 Å². The molecule has 0 aliphatic carbocycles. The molecule has 1 aliphatic heterocycles. The van der Waals surface area contributed by atoms with Gasteiger partial charge in [0.25, 0.3) is 11.5 Å². The largest absolute Gasteiger partial charge is 0.345 e. The molecule has 0 unspecified atom stereocenters. The summed E-state index contributed by atoms with van der Waals surface area (Å²) in [6.45, 7) is 6.39. The van der Waals surface area contributed by atoms with Crippen LogP contribution < -0.4 is 16.2 Å². The van der Waals surface area contributed by atoms with Gasteiger partial charge in [0.2, 0.25) is 11.8 Å². The highest BCUT2D eigenvalue weighted by Crippen LogP contribution is 2.24. The molecule has 0 radical (unpaired) electrons. The SMILES string of the molecule is CC(C)[C@@H]1NC(=O)[C@@H](C)NC(=O)CCCN(C(=O)c2ccc(=O)[nH]n2)CCn2nc(-c3ccccc3)nc21. The quantitative estimate of drug-likeness (QED) is 0.470. The molecule has 3 amide bonds. The Labute approximate surface area is 219 Å². The number of carbonyl (C=O) groups excluding carboxylic acids is 3. The van der Waals surface area contributed by atoms with Crippen molar-refractivity contribution in [1.82, 2.24) is 40.5 Å². The fourth-order valence-electron chi connectivity index (χ4n) is 4.23. The Balaban J connectivity index is 1.72. The molecule has 4 rings (SSSR count). The van der Waals surface area contributed by atoms with Gasteiger partial charge in [-0.25, -0.2) is 14.8 Å². The minimum absolute atomic E-state index is 0.0376. The first-order valence-corrected chi connectivity index (χ1v) is 12.7. The highest BCUT2D eigenvalue weighted by atomic mass is 16.2. The summed E-state index contributed by atoms with van der Waals surface area (Å²) in [6, 6.07) is 10.9. The van der Waals surface area contributed by atoms with Gasteiger partial charge in [0.15, 0.2) is 11.6 Å². The molecule has 0 bridgehead atoms. The number of nitrogens with one attached hydrogen (secondary N) is 3. The Kier molecular flexibility index (Phi) is 8.29. The van der Waals surface area contributed by atoms with E-state index in [0.29, 0.717) is 24.6 Å². The minimum atomic E-state index is -0.750. The van der Waals surface area contributed by atoms with Crippen LogP contribution in [0, 0.1) is 5.92 Å². The average Bonchev–Trinajstić information content (AvgIpc) is 3.32. The molecule has 200 valence electrons. The number of H-pyrrole nitrogens is 1. The third-order valence-electron chi connectivity index (χ3n) is 6.34. The average molecular weight is 521 g/mol. The van der Waals surface area contributed by atoms with E-state index in [1.165, 1.54) is 12.1 Å². The standard InChI is InChI=1S/C26H32N8O4/c1-16(2)22-24-29-23(18-8-5-4-6-9-18)32-34(24)15-14-33(26(38)19-11-12-21(36)31-30-19)13-7-10-20(35)27-17(3)25(37)28-22/h4-6,8-9,11-12,16-17,22H,7,10,13-15H2,1-3H3,(H,27,35)(H,28,37)(H,31,36)/t17-,22+/m1/s1. The maximum Gasteiger partial charge on any atom is 0.274 e. The summed E-state index contributed by atoms with van der Waals surface area (Å²) in [4.78, 5) is 56.6. The highest BCUT2D eigenvalue weighted by molar-refractivity contribution is 5.92. The van der Waals surface area contributed by atoms with Crippen LogP contribution in [-0.4, -0.2) is 66.7 Å². The first-order valence-electron chi connectivity index (χ1n) is 12.7. The lowest BCUT2D eigenvalue weighted by atomic mass is 10.0. The molecule has 0 saturated carbocycles. The zero-order valence-electron chi connectivity index (χ0n) is 21.7. The molecule has 0 fully saturated rings. The summed E-state index contributed by atoms with van der Waals surface area (Å²) in [5, 5.41) is 16.7. The second kappa shape index (κ2) is 11.8. The van der Waals surface area contributed by atoms with E-state index in [0.717, 1.165) is 5.56 Å². The molecule has 1 aromatic carbocycles. The van der Waals surface area contributed by atoms with Crippen LogP contribution in [0.15, 0.2) is 47.3 Å². The van der Waals surface area contributed by atoms with Crippen molar-refractivity contribution in [3.8, 4) is 11.4 Å². The molecule has 0 spiro atoms. The zero-order valence-corrected chi connectivity index (χ0v) is 21.7. The van der Waals surface area contributed by atoms with Gasteiger partial charge >= 0.3 is 0 Å². The van der Waals surface area contributed by atoms with Crippen LogP contribution in [-0.2, 0) is 16.1 Å². The lowest BCUT2D eigenvalue weighted by Gasteiger charge is -2.27. The van der Waals surface area contributed by atoms with Gasteiger partial charge in [0.1, 0.15) is 11.7 Å². The number of hydrogen-bond acceptors (Lipinski definition) is 7. The van der Waals surface area contributed by atoms with Gasteiger partial charge in [-0.15, -0.1) is 0 Å². The van der Waals surface area contributed by atoms with E-state index in [-0.39, 0.29) is 48.8 Å². The van der Waals surface area contributed by atoms with Crippen molar-refractivity contribution in [3.63, 3.8) is 0 Å². The minimum Gasteiger partial charge on any atom is -0.345 e. The number of nitrogens with zero attached hydrogens (tertiary/aromatic N) is 5. The van der Waals surface area contributed by atoms with E-state index in [1.54, 1.807) is 16.5 Å². The number of amides is 3. The van der Waals surface area contributed by atoms with E-state index in [9.17, 15) is 19.2 Å². The predicted octanol–water partition coefficient (Wildman–Crippen LogP) is 1.28. The van der Waals surface area contributed by atoms with Crippen LogP contribution in [0.4, 0.5) is 0 Å². The first-order chi connectivity index (χ1) is 18.2. The van der Waals surface area contributed by atoms with Gasteiger partial charge in [-0.05, 0) is 25.3 Å². The van der Waals surface area contributed by atoms with Gasteiger partial charge < -0.3 is 15.5 Å². The van der Waals surface area contributed by atoms with Gasteiger partial charge in [-0.1, -0.05) is 44.2 Å². The van der Waals surface area contributed by atoms with Crippen molar-refractivity contribution in [2.24, 2.45) is 5.92 Å². The first kappa shape index (κ1) is 26.7. The number of aromatic nitrogens is 5. The van der Waals surface area contributed by atoms with E-state index >= 15 is 0 Å². The number of benzene rings is 1. The molecule has 0 saturated heterocycles. The van der Waals surface area contributed by atoms with Crippen molar-refractivity contribution < 1.29 is 14.4 Å². The van der Waals surface area contributed by atoms with E-state index in [4.69, 9.17) is 10.1 Å². The number of rotatable bonds is 3. The Morgan fingerprint density at radius 2 is 1.76 bits per heavy atom. The van der Waals surface area contributed by atoms with Crippen molar-refractivity contribution in [3.05, 3.63) is 64.3 Å². The Morgan fingerprint density at radius 3 is 2.45 bits per heavy atom. The number of aromatic amines is 1. The maximum absolute atomic E-state index is 13.3. The second-order valence-electron chi connectivity index (χ2n) is 9.60. The van der Waals surface area contributed by atoms with Crippen LogP contribution in [0.25, 0.3) is 11.4 Å². The van der Waals surface area contributed by atoms with E-state index in [1.807, 2.05) is 44.2 Å². The normalized spacial score (nSPS) is 19.3. The molecule has 38 heavy (non-hydrogen) atoms. The Bertz CT molecular complexity index is 1330. The van der Waals surface area contributed by atoms with Crippen molar-refractivity contribution in [2.75, 3.05) is 13.1 Å². The molecule has 3 aromatic rings. The molecule has 3 heterocycles. The Hall–Kier alpha value is -4.35. The smallest absolute Gasteiger partial charge is 0.274 e. The fourth-order valence-corrected chi connectivity index (χ4v) is 4.23. The lowest BCUT2D eigenvalue weighted by molar-refractivity contribution is -0.129. The number of carbonyl (C=O) groups is 3. The fraction of sp³-hybridized carbons (Fsp3) is 0.423. The maximum atomic E-state index is 13.3. The third kappa shape index (κ3) is 6.31. The molecule has 1 aliphatic rings. The molecule has 3 N–H and O–H groups in total. The molecular weight excluding hydrogens is 488 g/mol. The highest BCUT2D eigenvalue weighted by Gasteiger charge is 2.29. The molecule has 12 nitrogen and oxygen atoms in total. The summed E-state index contributed by atoms with van der Waals surface area (Å²) >= 11 is 0. The predicted molar refractivity (Wildman–Crippen MR) is 139 cm³/mol. The van der Waals surface area contributed by atoms with Gasteiger partial charge in [-0.2, -0.15) is 10.2 Å². The molecule has 2 atom stereocenters.